The largest absolute Gasteiger partial charge is 0.480 e. The van der Waals surface area contributed by atoms with Crippen LogP contribution < -0.4 is 33.2 Å². The van der Waals surface area contributed by atoms with E-state index >= 15 is 0 Å². The van der Waals surface area contributed by atoms with Crippen LogP contribution in [0.1, 0.15) is 57.9 Å². The number of fused-ring (bicyclic) bond motifs is 1. The minimum absolute atomic E-state index is 0.0171. The number of unbranched alkanes of at least 4 members (excludes halogenated alkanes) is 1. The number of primary amides is 1. The normalized spacial score (nSPS) is 14.8. The fraction of sp³-hybridized carbons (Fsp3) is 0.536. The number of rotatable bonds is 18. The molecule has 13 heteroatoms. The van der Waals surface area contributed by atoms with Gasteiger partial charge in [0.25, 0.3) is 0 Å². The number of aromatic nitrogens is 1. The highest BCUT2D eigenvalue weighted by atomic mass is 16.4. The second kappa shape index (κ2) is 16.3. The lowest BCUT2D eigenvalue weighted by Gasteiger charge is -2.28. The Morgan fingerprint density at radius 2 is 1.63 bits per heavy atom. The van der Waals surface area contributed by atoms with Crippen molar-refractivity contribution >= 4 is 40.5 Å². The van der Waals surface area contributed by atoms with Gasteiger partial charge in [0.05, 0.1) is 6.04 Å². The van der Waals surface area contributed by atoms with E-state index in [0.29, 0.717) is 25.8 Å². The first-order chi connectivity index (χ1) is 19.5. The van der Waals surface area contributed by atoms with E-state index < -0.39 is 53.8 Å². The first-order valence-corrected chi connectivity index (χ1v) is 13.9. The summed E-state index contributed by atoms with van der Waals surface area (Å²) in [5.41, 5.74) is 18.2. The predicted molar refractivity (Wildman–Crippen MR) is 154 cm³/mol. The molecule has 2 rings (SSSR count). The van der Waals surface area contributed by atoms with Gasteiger partial charge in [-0.1, -0.05) is 38.5 Å². The van der Waals surface area contributed by atoms with Gasteiger partial charge in [-0.3, -0.25) is 19.2 Å². The molecule has 0 bridgehead atoms. The van der Waals surface area contributed by atoms with Crippen LogP contribution in [0.3, 0.4) is 0 Å². The number of aromatic amines is 1. The molecule has 11 N–H and O–H groups in total. The third-order valence-corrected chi connectivity index (χ3v) is 7.13. The van der Waals surface area contributed by atoms with E-state index in [1.54, 1.807) is 13.1 Å². The molecular weight excluding hydrogens is 530 g/mol. The number of aliphatic carboxylic acids is 1. The Morgan fingerprint density at radius 3 is 2.27 bits per heavy atom. The van der Waals surface area contributed by atoms with E-state index in [-0.39, 0.29) is 31.6 Å². The number of nitrogens with two attached hydrogens (primary N) is 3. The van der Waals surface area contributed by atoms with Crippen molar-refractivity contribution in [2.75, 3.05) is 6.54 Å². The van der Waals surface area contributed by atoms with Crippen molar-refractivity contribution < 1.29 is 29.1 Å². The third-order valence-electron chi connectivity index (χ3n) is 7.13. The summed E-state index contributed by atoms with van der Waals surface area (Å²) >= 11 is 0. The molecular formula is C28H43N7O6. The number of hydrogen-bond donors (Lipinski definition) is 8. The Labute approximate surface area is 239 Å². The molecule has 41 heavy (non-hydrogen) atoms. The molecule has 4 amide bonds. The van der Waals surface area contributed by atoms with Gasteiger partial charge in [-0.2, -0.15) is 0 Å². The van der Waals surface area contributed by atoms with Crippen molar-refractivity contribution in [3.8, 4) is 0 Å². The Bertz CT molecular complexity index is 1200. The first kappa shape index (κ1) is 33.2. The third kappa shape index (κ3) is 10.2. The molecule has 5 atom stereocenters. The summed E-state index contributed by atoms with van der Waals surface area (Å²) < 4.78 is 0. The Hall–Kier alpha value is -3.97. The maximum atomic E-state index is 13.4. The number of hydrogen-bond acceptors (Lipinski definition) is 7. The summed E-state index contributed by atoms with van der Waals surface area (Å²) in [5, 5.41) is 18.6. The van der Waals surface area contributed by atoms with E-state index in [4.69, 9.17) is 17.2 Å². The number of nitrogens with one attached hydrogen (secondary N) is 4. The zero-order chi connectivity index (χ0) is 30.5. The van der Waals surface area contributed by atoms with E-state index in [1.165, 1.54) is 0 Å². The lowest BCUT2D eigenvalue weighted by molar-refractivity contribution is -0.142. The molecule has 0 aliphatic carbocycles. The molecule has 226 valence electrons. The fourth-order valence-electron chi connectivity index (χ4n) is 4.41. The average Bonchev–Trinajstić information content (AvgIpc) is 3.35. The number of carboxylic acid groups (broad SMARTS) is 1. The lowest BCUT2D eigenvalue weighted by Crippen LogP contribution is -2.58. The molecule has 0 saturated carbocycles. The van der Waals surface area contributed by atoms with Gasteiger partial charge in [-0.25, -0.2) is 4.79 Å². The zero-order valence-electron chi connectivity index (χ0n) is 23.7. The lowest BCUT2D eigenvalue weighted by atomic mass is 9.96. The Balaban J connectivity index is 2.17. The molecule has 0 radical (unpaired) electrons. The molecule has 0 aliphatic heterocycles. The summed E-state index contributed by atoms with van der Waals surface area (Å²) in [6, 6.07) is 3.06. The summed E-state index contributed by atoms with van der Waals surface area (Å²) in [6.07, 6.45) is 3.57. The second-order valence-electron chi connectivity index (χ2n) is 10.3. The quantitative estimate of drug-likeness (QED) is 0.113. The molecule has 0 aliphatic rings. The molecule has 0 spiro atoms. The van der Waals surface area contributed by atoms with Crippen LogP contribution in [0.5, 0.6) is 0 Å². The van der Waals surface area contributed by atoms with Crippen LogP contribution in [0.15, 0.2) is 30.5 Å². The minimum Gasteiger partial charge on any atom is -0.480 e. The standard InChI is InChI=1S/C28H43N7O6/c1-3-16(2)24(27(39)34-22(28(40)41)14-17-15-32-20-9-5-4-8-18(17)20)35-26(38)21(10-6-7-13-29)33-25(37)19(30)11-12-23(31)36/h4-5,8-9,15-16,19,21-22,24,32H,3,6-7,10-14,29-30H2,1-2H3,(H2,31,36)(H,33,37)(H,34,39)(H,35,38)(H,40,41). The van der Waals surface area contributed by atoms with Crippen LogP contribution in [0.25, 0.3) is 10.9 Å². The monoisotopic (exact) mass is 573 g/mol. The molecule has 1 aromatic heterocycles. The van der Waals surface area contributed by atoms with Gasteiger partial charge in [-0.15, -0.1) is 0 Å². The predicted octanol–water partition coefficient (Wildman–Crippen LogP) is 0.0173. The van der Waals surface area contributed by atoms with Gasteiger partial charge in [-0.05, 0) is 49.8 Å². The summed E-state index contributed by atoms with van der Waals surface area (Å²) in [5.74, 6) is -4.05. The number of para-hydroxylation sites is 1. The fourth-order valence-corrected chi connectivity index (χ4v) is 4.41. The van der Waals surface area contributed by atoms with Gasteiger partial charge in [0.2, 0.25) is 23.6 Å². The average molecular weight is 574 g/mol. The van der Waals surface area contributed by atoms with Gasteiger partial charge >= 0.3 is 5.97 Å². The van der Waals surface area contributed by atoms with Crippen molar-refractivity contribution in [3.05, 3.63) is 36.0 Å². The van der Waals surface area contributed by atoms with Crippen molar-refractivity contribution in [2.45, 2.75) is 83.0 Å². The topological polar surface area (TPSA) is 236 Å². The summed E-state index contributed by atoms with van der Waals surface area (Å²) in [7, 11) is 0. The molecule has 1 aromatic carbocycles. The number of H-pyrrole nitrogens is 1. The maximum Gasteiger partial charge on any atom is 0.326 e. The number of carboxylic acids is 1. The van der Waals surface area contributed by atoms with Gasteiger partial charge in [0.1, 0.15) is 18.1 Å². The highest BCUT2D eigenvalue weighted by molar-refractivity contribution is 5.94. The highest BCUT2D eigenvalue weighted by Crippen LogP contribution is 2.19. The summed E-state index contributed by atoms with van der Waals surface area (Å²) in [6.45, 7) is 4.00. The SMILES string of the molecule is CCC(C)C(NC(=O)C(CCCCN)NC(=O)C(N)CCC(N)=O)C(=O)NC(Cc1c[nH]c2ccccc12)C(=O)O. The Morgan fingerprint density at radius 1 is 0.951 bits per heavy atom. The second-order valence-corrected chi connectivity index (χ2v) is 10.3. The van der Waals surface area contributed by atoms with E-state index in [9.17, 15) is 29.1 Å². The van der Waals surface area contributed by atoms with E-state index in [0.717, 1.165) is 16.5 Å². The molecule has 0 saturated heterocycles. The number of carbonyl (C=O) groups is 5. The molecule has 1 heterocycles. The number of carbonyl (C=O) groups excluding carboxylic acids is 4. The van der Waals surface area contributed by atoms with Crippen molar-refractivity contribution in [1.29, 1.82) is 0 Å². The minimum atomic E-state index is -1.24. The van der Waals surface area contributed by atoms with Crippen LogP contribution in [0, 0.1) is 5.92 Å². The summed E-state index contributed by atoms with van der Waals surface area (Å²) in [4.78, 5) is 65.6. The van der Waals surface area contributed by atoms with Crippen LogP contribution in [-0.4, -0.2) is 70.4 Å². The maximum absolute atomic E-state index is 13.4. The van der Waals surface area contributed by atoms with Crippen molar-refractivity contribution in [2.24, 2.45) is 23.1 Å². The van der Waals surface area contributed by atoms with Crippen LogP contribution in [0.4, 0.5) is 0 Å². The van der Waals surface area contributed by atoms with Gasteiger partial charge < -0.3 is 43.2 Å². The van der Waals surface area contributed by atoms with Gasteiger partial charge in [0, 0.05) is 29.9 Å². The van der Waals surface area contributed by atoms with Crippen LogP contribution in [0.2, 0.25) is 0 Å². The smallest absolute Gasteiger partial charge is 0.326 e. The van der Waals surface area contributed by atoms with Crippen LogP contribution in [-0.2, 0) is 30.4 Å². The molecule has 5 unspecified atom stereocenters. The van der Waals surface area contributed by atoms with Crippen LogP contribution >= 0.6 is 0 Å². The molecule has 13 nitrogen and oxygen atoms in total. The highest BCUT2D eigenvalue weighted by Gasteiger charge is 2.33. The van der Waals surface area contributed by atoms with E-state index in [1.807, 2.05) is 31.2 Å². The first-order valence-electron chi connectivity index (χ1n) is 13.9. The number of benzene rings is 1. The Kier molecular flexibility index (Phi) is 13.2. The van der Waals surface area contributed by atoms with Crippen molar-refractivity contribution in [1.82, 2.24) is 20.9 Å². The van der Waals surface area contributed by atoms with Gasteiger partial charge in [0.15, 0.2) is 0 Å². The van der Waals surface area contributed by atoms with E-state index in [2.05, 4.69) is 20.9 Å². The molecule has 2 aromatic rings. The zero-order valence-corrected chi connectivity index (χ0v) is 23.7. The molecule has 0 fully saturated rings. The number of amides is 4. The van der Waals surface area contributed by atoms with Crippen molar-refractivity contribution in [3.63, 3.8) is 0 Å².